The Morgan fingerprint density at radius 3 is 1.16 bits per heavy atom. The number of amides is 7. The monoisotopic (exact) mass is 829 g/mol. The summed E-state index contributed by atoms with van der Waals surface area (Å²) >= 11 is 0. The minimum absolute atomic E-state index is 0.0842. The van der Waals surface area contributed by atoms with Gasteiger partial charge < -0.3 is 57.6 Å². The highest BCUT2D eigenvalue weighted by atomic mass is 16.4. The SMILES string of the molecule is CCCC(NC(=O)C(CCC(=O)O)NC(=O)C(NC(=O)C(NC(=O)C(CCC(=O)O)NC(=O)C(CCC(=O)O)NC(C)=O)C(C)C)C(C)C)C(=O)C(=O)NCC(=O)O. The lowest BCUT2D eigenvalue weighted by Crippen LogP contribution is -2.61. The summed E-state index contributed by atoms with van der Waals surface area (Å²) in [6.45, 7) is 7.86. The number of carbonyl (C=O) groups is 12. The van der Waals surface area contributed by atoms with Crippen LogP contribution < -0.4 is 37.2 Å². The van der Waals surface area contributed by atoms with E-state index in [4.69, 9.17) is 10.2 Å². The minimum Gasteiger partial charge on any atom is -0.481 e. The molecular formula is C35H55N7O16. The molecule has 23 heteroatoms. The van der Waals surface area contributed by atoms with Gasteiger partial charge in [0.05, 0.1) is 6.04 Å². The molecule has 0 aliphatic heterocycles. The Morgan fingerprint density at radius 1 is 0.448 bits per heavy atom. The van der Waals surface area contributed by atoms with E-state index in [0.717, 1.165) is 6.92 Å². The van der Waals surface area contributed by atoms with Gasteiger partial charge in [-0.05, 0) is 37.5 Å². The summed E-state index contributed by atoms with van der Waals surface area (Å²) in [6, 6.07) is -8.96. The molecular weight excluding hydrogens is 774 g/mol. The molecule has 6 atom stereocenters. The van der Waals surface area contributed by atoms with Crippen molar-refractivity contribution in [3.8, 4) is 0 Å². The highest BCUT2D eigenvalue weighted by Gasteiger charge is 2.36. The summed E-state index contributed by atoms with van der Waals surface area (Å²) in [7, 11) is 0. The molecule has 0 spiro atoms. The highest BCUT2D eigenvalue weighted by Crippen LogP contribution is 2.11. The largest absolute Gasteiger partial charge is 0.481 e. The van der Waals surface area contributed by atoms with Crippen LogP contribution in [0.25, 0.3) is 0 Å². The summed E-state index contributed by atoms with van der Waals surface area (Å²) in [5.74, 6) is -15.0. The molecule has 0 aromatic rings. The van der Waals surface area contributed by atoms with Crippen molar-refractivity contribution in [1.82, 2.24) is 37.2 Å². The van der Waals surface area contributed by atoms with E-state index < -0.39 is 158 Å². The number of nitrogens with one attached hydrogen (secondary N) is 7. The van der Waals surface area contributed by atoms with E-state index in [-0.39, 0.29) is 19.3 Å². The standard InChI is InChI=1S/C35H55N7O16/c1-7-8-19(29(52)35(58)36-15-26(50)51)38-31(54)21(10-13-24(46)47)40-33(56)27(16(2)3)42-34(57)28(17(4)5)41-32(55)22(11-14-25(48)49)39-30(53)20(37-18(6)43)9-12-23(44)45/h16-17,19-22,27-28H,7-15H2,1-6H3,(H,36,58)(H,37,43)(H,38,54)(H,39,53)(H,40,56)(H,41,55)(H,42,57)(H,44,45)(H,46,47)(H,48,49)(H,50,51). The number of carbonyl (C=O) groups excluding carboxylic acids is 8. The molecule has 0 aromatic heterocycles. The van der Waals surface area contributed by atoms with Crippen molar-refractivity contribution in [3.63, 3.8) is 0 Å². The molecule has 11 N–H and O–H groups in total. The highest BCUT2D eigenvalue weighted by molar-refractivity contribution is 6.38. The fraction of sp³-hybridized carbons (Fsp3) is 0.657. The molecule has 0 aliphatic carbocycles. The van der Waals surface area contributed by atoms with Crippen LogP contribution in [0.2, 0.25) is 0 Å². The second-order valence-electron chi connectivity index (χ2n) is 13.9. The molecule has 0 rings (SSSR count). The minimum atomic E-state index is -1.62. The Bertz CT molecular complexity index is 1550. The lowest BCUT2D eigenvalue weighted by molar-refractivity contribution is -0.143. The van der Waals surface area contributed by atoms with Crippen LogP contribution >= 0.6 is 0 Å². The molecule has 0 radical (unpaired) electrons. The van der Waals surface area contributed by atoms with Crippen LogP contribution in [0.4, 0.5) is 0 Å². The molecule has 6 unspecified atom stereocenters. The third-order valence-corrected chi connectivity index (χ3v) is 8.23. The average molecular weight is 830 g/mol. The van der Waals surface area contributed by atoms with Crippen LogP contribution in [0.1, 0.15) is 92.9 Å². The van der Waals surface area contributed by atoms with Gasteiger partial charge in [0.25, 0.3) is 5.91 Å². The van der Waals surface area contributed by atoms with Gasteiger partial charge >= 0.3 is 23.9 Å². The van der Waals surface area contributed by atoms with Crippen molar-refractivity contribution in [3.05, 3.63) is 0 Å². The van der Waals surface area contributed by atoms with Crippen molar-refractivity contribution in [2.24, 2.45) is 11.8 Å². The van der Waals surface area contributed by atoms with E-state index in [1.165, 1.54) is 27.7 Å². The van der Waals surface area contributed by atoms with Gasteiger partial charge in [-0.2, -0.15) is 0 Å². The summed E-state index contributed by atoms with van der Waals surface area (Å²) in [5, 5.41) is 52.4. The molecule has 0 saturated carbocycles. The first-order chi connectivity index (χ1) is 26.9. The maximum absolute atomic E-state index is 13.7. The van der Waals surface area contributed by atoms with Crippen LogP contribution in [0.15, 0.2) is 0 Å². The second-order valence-corrected chi connectivity index (χ2v) is 13.9. The van der Waals surface area contributed by atoms with E-state index in [2.05, 4.69) is 31.9 Å². The molecule has 0 aromatic carbocycles. The number of hydrogen-bond donors (Lipinski definition) is 11. The molecule has 0 aliphatic rings. The van der Waals surface area contributed by atoms with Gasteiger partial charge in [0.1, 0.15) is 36.8 Å². The second kappa shape index (κ2) is 25.9. The Labute approximate surface area is 333 Å². The fourth-order valence-electron chi connectivity index (χ4n) is 5.19. The zero-order chi connectivity index (χ0) is 44.9. The van der Waals surface area contributed by atoms with Gasteiger partial charge in [-0.15, -0.1) is 0 Å². The van der Waals surface area contributed by atoms with Crippen LogP contribution in [-0.4, -0.2) is 134 Å². The van der Waals surface area contributed by atoms with Gasteiger partial charge in [0.2, 0.25) is 41.2 Å². The van der Waals surface area contributed by atoms with Crippen LogP contribution in [0, 0.1) is 11.8 Å². The first-order valence-corrected chi connectivity index (χ1v) is 18.4. The lowest BCUT2D eigenvalue weighted by Gasteiger charge is -2.30. The molecule has 0 fully saturated rings. The number of ketones is 1. The maximum Gasteiger partial charge on any atom is 0.322 e. The maximum atomic E-state index is 13.7. The van der Waals surface area contributed by atoms with Crippen molar-refractivity contribution in [1.29, 1.82) is 0 Å². The lowest BCUT2D eigenvalue weighted by atomic mass is 9.98. The Balaban J connectivity index is 6.30. The summed E-state index contributed by atoms with van der Waals surface area (Å²) in [5.41, 5.74) is 0. The zero-order valence-corrected chi connectivity index (χ0v) is 33.2. The molecule has 7 amide bonds. The van der Waals surface area contributed by atoms with E-state index >= 15 is 0 Å². The predicted molar refractivity (Wildman–Crippen MR) is 198 cm³/mol. The number of hydrogen-bond acceptors (Lipinski definition) is 12. The van der Waals surface area contributed by atoms with Crippen LogP contribution in [0.5, 0.6) is 0 Å². The van der Waals surface area contributed by atoms with E-state index in [0.29, 0.717) is 0 Å². The van der Waals surface area contributed by atoms with Gasteiger partial charge in [0, 0.05) is 26.2 Å². The molecule has 0 bridgehead atoms. The third-order valence-electron chi connectivity index (χ3n) is 8.23. The number of Topliss-reactive ketones (excluding diaryl/α,β-unsaturated/α-hetero) is 1. The number of aliphatic carboxylic acids is 4. The third kappa shape index (κ3) is 20.1. The van der Waals surface area contributed by atoms with Crippen molar-refractivity contribution in [2.45, 2.75) is 129 Å². The molecule has 0 saturated heterocycles. The topological polar surface area (TPSA) is 370 Å². The van der Waals surface area contributed by atoms with Crippen molar-refractivity contribution >= 4 is 71.0 Å². The van der Waals surface area contributed by atoms with E-state index in [1.807, 2.05) is 5.32 Å². The quantitative estimate of drug-likeness (QED) is 0.0360. The van der Waals surface area contributed by atoms with E-state index in [1.54, 1.807) is 6.92 Å². The molecule has 0 heterocycles. The summed E-state index contributed by atoms with van der Waals surface area (Å²) in [6.07, 6.45) is -2.99. The first-order valence-electron chi connectivity index (χ1n) is 18.4. The van der Waals surface area contributed by atoms with Crippen LogP contribution in [-0.2, 0) is 57.5 Å². The van der Waals surface area contributed by atoms with Gasteiger partial charge in [-0.3, -0.25) is 57.5 Å². The number of carboxylic acid groups (broad SMARTS) is 4. The first kappa shape index (κ1) is 51.8. The van der Waals surface area contributed by atoms with E-state index in [9.17, 15) is 67.7 Å². The normalized spacial score (nSPS) is 13.9. The predicted octanol–water partition coefficient (Wildman–Crippen LogP) is -2.61. The molecule has 23 nitrogen and oxygen atoms in total. The van der Waals surface area contributed by atoms with Crippen molar-refractivity contribution < 1.29 is 78.0 Å². The summed E-state index contributed by atoms with van der Waals surface area (Å²) < 4.78 is 0. The van der Waals surface area contributed by atoms with Crippen molar-refractivity contribution in [2.75, 3.05) is 6.54 Å². The Morgan fingerprint density at radius 2 is 0.793 bits per heavy atom. The number of rotatable bonds is 28. The zero-order valence-electron chi connectivity index (χ0n) is 33.2. The van der Waals surface area contributed by atoms with Gasteiger partial charge in [0.15, 0.2) is 0 Å². The van der Waals surface area contributed by atoms with Gasteiger partial charge in [-0.1, -0.05) is 41.0 Å². The smallest absolute Gasteiger partial charge is 0.322 e. The van der Waals surface area contributed by atoms with Crippen LogP contribution in [0.3, 0.4) is 0 Å². The molecule has 326 valence electrons. The summed E-state index contributed by atoms with van der Waals surface area (Å²) in [4.78, 5) is 148. The Kier molecular flexibility index (Phi) is 23.1. The average Bonchev–Trinajstić information content (AvgIpc) is 3.11. The fourth-order valence-corrected chi connectivity index (χ4v) is 5.19. The Hall–Kier alpha value is -6.16. The number of carboxylic acids is 4. The molecule has 58 heavy (non-hydrogen) atoms. The van der Waals surface area contributed by atoms with Gasteiger partial charge in [-0.25, -0.2) is 0 Å².